The summed E-state index contributed by atoms with van der Waals surface area (Å²) in [6, 6.07) is 11.0. The van der Waals surface area contributed by atoms with E-state index >= 15 is 0 Å². The van der Waals surface area contributed by atoms with Crippen molar-refractivity contribution in [2.45, 2.75) is 17.4 Å². The third kappa shape index (κ3) is 4.24. The highest BCUT2D eigenvalue weighted by molar-refractivity contribution is 7.93. The molecule has 0 spiro atoms. The van der Waals surface area contributed by atoms with Gasteiger partial charge in [-0.2, -0.15) is 0 Å². The molecule has 7 nitrogen and oxygen atoms in total. The van der Waals surface area contributed by atoms with Crippen molar-refractivity contribution in [3.05, 3.63) is 64.1 Å². The fourth-order valence-electron chi connectivity index (χ4n) is 3.00. The molecule has 0 aliphatic carbocycles. The summed E-state index contributed by atoms with van der Waals surface area (Å²) in [4.78, 5) is 18.3. The molecule has 158 valence electrons. The molecule has 2 aromatic carbocycles. The Morgan fingerprint density at radius 3 is 2.67 bits per heavy atom. The lowest BCUT2D eigenvalue weighted by molar-refractivity contribution is -0.122. The predicted molar refractivity (Wildman–Crippen MR) is 119 cm³/mol. The number of rotatable bonds is 6. The molecule has 1 N–H and O–H groups in total. The first kappa shape index (κ1) is 20.9. The van der Waals surface area contributed by atoms with E-state index in [2.05, 4.69) is 9.71 Å². The van der Waals surface area contributed by atoms with Crippen molar-refractivity contribution in [1.29, 1.82) is 0 Å². The molecule has 3 aromatic rings. The molecule has 1 atom stereocenters. The number of thiazole rings is 1. The summed E-state index contributed by atoms with van der Waals surface area (Å²) in [5, 5.41) is 2.57. The number of ether oxygens (including phenoxy) is 1. The fourth-order valence-corrected chi connectivity index (χ4v) is 5.13. The number of nitrogens with zero attached hydrogens (tertiary/aromatic N) is 2. The Hall–Kier alpha value is -2.33. The van der Waals surface area contributed by atoms with Gasteiger partial charge in [0.25, 0.3) is 15.9 Å². The van der Waals surface area contributed by atoms with Crippen molar-refractivity contribution < 1.29 is 19.4 Å². The van der Waals surface area contributed by atoms with E-state index in [1.54, 1.807) is 40.6 Å². The van der Waals surface area contributed by atoms with Crippen molar-refractivity contribution in [2.24, 2.45) is 0 Å². The summed E-state index contributed by atoms with van der Waals surface area (Å²) >= 11 is 13.3. The van der Waals surface area contributed by atoms with E-state index in [0.29, 0.717) is 29.4 Å². The van der Waals surface area contributed by atoms with Crippen LogP contribution in [0.1, 0.15) is 7.85 Å². The molecule has 1 aliphatic heterocycles. The van der Waals surface area contributed by atoms with Gasteiger partial charge in [-0.05, 0) is 36.4 Å². The standard InChI is InChI=1S/C19H15Cl2N3O4S2.H2/c20-14-2-1-3-15(17(14)21)28-16-8-10-24(18(16)25)12-4-6-13(7-5-12)30(26,27)23-19-22-9-11-29-19;/h1-7,9,11,16H,8,10H2,(H,22,23);1H/t16-;/m0./s1. The van der Waals surface area contributed by atoms with E-state index in [1.807, 2.05) is 0 Å². The monoisotopic (exact) mass is 485 g/mol. The minimum atomic E-state index is -3.75. The topological polar surface area (TPSA) is 88.6 Å². The molecule has 11 heteroatoms. The largest absolute Gasteiger partial charge is 0.479 e. The molecule has 0 unspecified atom stereocenters. The highest BCUT2D eigenvalue weighted by Crippen LogP contribution is 2.34. The Bertz CT molecular complexity index is 1180. The third-order valence-electron chi connectivity index (χ3n) is 4.45. The number of nitrogens with one attached hydrogen (secondary N) is 1. The van der Waals surface area contributed by atoms with Crippen molar-refractivity contribution in [3.63, 3.8) is 0 Å². The van der Waals surface area contributed by atoms with E-state index in [1.165, 1.54) is 29.7 Å². The van der Waals surface area contributed by atoms with Crippen LogP contribution in [-0.2, 0) is 14.8 Å². The second-order valence-electron chi connectivity index (χ2n) is 6.37. The Morgan fingerprint density at radius 1 is 1.20 bits per heavy atom. The van der Waals surface area contributed by atoms with Crippen LogP contribution in [0.2, 0.25) is 10.0 Å². The maximum Gasteiger partial charge on any atom is 0.268 e. The SMILES string of the molecule is O=C1[C@@H](Oc2cccc(Cl)c2Cl)CCN1c1ccc(S(=O)(=O)Nc2nccs2)cc1.[HH]. The van der Waals surface area contributed by atoms with Crippen molar-refractivity contribution in [2.75, 3.05) is 16.2 Å². The van der Waals surface area contributed by atoms with E-state index in [0.717, 1.165) is 0 Å². The van der Waals surface area contributed by atoms with E-state index in [4.69, 9.17) is 27.9 Å². The van der Waals surface area contributed by atoms with Crippen LogP contribution in [0.4, 0.5) is 10.8 Å². The van der Waals surface area contributed by atoms with Gasteiger partial charge < -0.3 is 9.64 Å². The van der Waals surface area contributed by atoms with Gasteiger partial charge in [-0.15, -0.1) is 11.3 Å². The maximum atomic E-state index is 12.8. The second kappa shape index (κ2) is 8.43. The average Bonchev–Trinajstić information content (AvgIpc) is 3.35. The zero-order chi connectivity index (χ0) is 21.3. The Balaban J connectivity index is 0.00000272. The number of hydrogen-bond acceptors (Lipinski definition) is 6. The molecule has 1 aromatic heterocycles. The summed E-state index contributed by atoms with van der Waals surface area (Å²) < 4.78 is 33.1. The van der Waals surface area contributed by atoms with E-state index in [9.17, 15) is 13.2 Å². The lowest BCUT2D eigenvalue weighted by Gasteiger charge is -2.18. The van der Waals surface area contributed by atoms with Gasteiger partial charge in [-0.25, -0.2) is 13.4 Å². The number of hydrogen-bond donors (Lipinski definition) is 1. The first-order valence-corrected chi connectivity index (χ1v) is 11.9. The van der Waals surface area contributed by atoms with Gasteiger partial charge in [0.15, 0.2) is 11.2 Å². The van der Waals surface area contributed by atoms with Gasteiger partial charge in [0, 0.05) is 31.7 Å². The molecule has 1 saturated heterocycles. The second-order valence-corrected chi connectivity index (χ2v) is 9.74. The number of aromatic nitrogens is 1. The Morgan fingerprint density at radius 2 is 1.97 bits per heavy atom. The molecule has 0 radical (unpaired) electrons. The number of halogens is 2. The summed E-state index contributed by atoms with van der Waals surface area (Å²) in [5.74, 6) is 0.113. The van der Waals surface area contributed by atoms with Gasteiger partial charge in [0.1, 0.15) is 10.8 Å². The Labute approximate surface area is 188 Å². The molecule has 1 fully saturated rings. The number of carbonyl (C=O) groups excluding carboxylic acids is 1. The first-order chi connectivity index (χ1) is 14.3. The number of anilines is 2. The molecule has 2 heterocycles. The summed E-state index contributed by atoms with van der Waals surface area (Å²) in [6.45, 7) is 0.436. The molecule has 1 aliphatic rings. The van der Waals surface area contributed by atoms with Gasteiger partial charge >= 0.3 is 0 Å². The van der Waals surface area contributed by atoms with Gasteiger partial charge in [0.05, 0.1) is 9.92 Å². The van der Waals surface area contributed by atoms with Crippen LogP contribution in [0, 0.1) is 0 Å². The van der Waals surface area contributed by atoms with Crippen LogP contribution in [0.3, 0.4) is 0 Å². The molecule has 1 amide bonds. The molecular weight excluding hydrogens is 469 g/mol. The van der Waals surface area contributed by atoms with Crippen LogP contribution in [-0.4, -0.2) is 32.0 Å². The lowest BCUT2D eigenvalue weighted by Crippen LogP contribution is -2.32. The van der Waals surface area contributed by atoms with Crippen LogP contribution in [0.15, 0.2) is 58.9 Å². The first-order valence-electron chi connectivity index (χ1n) is 8.79. The third-order valence-corrected chi connectivity index (χ3v) is 7.43. The number of carbonyl (C=O) groups is 1. The fraction of sp³-hybridized carbons (Fsp3) is 0.158. The van der Waals surface area contributed by atoms with Gasteiger partial charge in [-0.3, -0.25) is 9.52 Å². The van der Waals surface area contributed by atoms with Crippen LogP contribution < -0.4 is 14.4 Å². The normalized spacial score (nSPS) is 16.7. The summed E-state index contributed by atoms with van der Waals surface area (Å²) in [6.07, 6.45) is 1.28. The number of sulfonamides is 1. The highest BCUT2D eigenvalue weighted by atomic mass is 35.5. The van der Waals surface area contributed by atoms with Gasteiger partial charge in [0.2, 0.25) is 0 Å². The van der Waals surface area contributed by atoms with E-state index < -0.39 is 16.1 Å². The van der Waals surface area contributed by atoms with Crippen LogP contribution in [0.25, 0.3) is 0 Å². The zero-order valence-electron chi connectivity index (χ0n) is 15.3. The van der Waals surface area contributed by atoms with Crippen molar-refractivity contribution in [1.82, 2.24) is 4.98 Å². The molecular formula is C19H17Cl2N3O4S2. The molecule has 0 bridgehead atoms. The van der Waals surface area contributed by atoms with Gasteiger partial charge in [-0.1, -0.05) is 29.3 Å². The van der Waals surface area contributed by atoms with Crippen molar-refractivity contribution >= 4 is 61.3 Å². The summed E-state index contributed by atoms with van der Waals surface area (Å²) in [7, 11) is -3.75. The lowest BCUT2D eigenvalue weighted by atomic mass is 10.3. The molecule has 4 rings (SSSR count). The van der Waals surface area contributed by atoms with Crippen molar-refractivity contribution in [3.8, 4) is 5.75 Å². The van der Waals surface area contributed by atoms with Crippen LogP contribution in [0.5, 0.6) is 5.75 Å². The minimum absolute atomic E-state index is 0. The smallest absolute Gasteiger partial charge is 0.268 e. The maximum absolute atomic E-state index is 12.8. The number of benzene rings is 2. The van der Waals surface area contributed by atoms with Crippen LogP contribution >= 0.6 is 34.5 Å². The summed E-state index contributed by atoms with van der Waals surface area (Å²) in [5.41, 5.74) is 0.580. The molecule has 0 saturated carbocycles. The van der Waals surface area contributed by atoms with E-state index in [-0.39, 0.29) is 22.4 Å². The minimum Gasteiger partial charge on any atom is -0.479 e. The predicted octanol–water partition coefficient (Wildman–Crippen LogP) is 4.68. The molecule has 30 heavy (non-hydrogen) atoms. The average molecular weight is 486 g/mol. The zero-order valence-corrected chi connectivity index (χ0v) is 18.4. The quantitative estimate of drug-likeness (QED) is 0.547. The highest BCUT2D eigenvalue weighted by Gasteiger charge is 2.35. The number of amides is 1. The Kier molecular flexibility index (Phi) is 5.88.